The third-order valence-corrected chi connectivity index (χ3v) is 2.89. The summed E-state index contributed by atoms with van der Waals surface area (Å²) in [5, 5.41) is 11.3. The Labute approximate surface area is 101 Å². The number of phenols is 1. The number of fused-ring (bicyclic) bond motifs is 1. The third-order valence-electron chi connectivity index (χ3n) is 2.89. The molecule has 0 fully saturated rings. The zero-order chi connectivity index (χ0) is 12.4. The van der Waals surface area contributed by atoms with Crippen LogP contribution in [0.15, 0.2) is 36.4 Å². The highest BCUT2D eigenvalue weighted by Crippen LogP contribution is 2.29. The monoisotopic (exact) mass is 232 g/mol. The van der Waals surface area contributed by atoms with Gasteiger partial charge in [0.05, 0.1) is 0 Å². The van der Waals surface area contributed by atoms with Crippen molar-refractivity contribution in [1.29, 1.82) is 0 Å². The van der Waals surface area contributed by atoms with E-state index in [-0.39, 0.29) is 5.75 Å². The molecule has 2 rings (SSSR count). The molecule has 2 aromatic rings. The normalized spacial score (nSPS) is 13.2. The van der Waals surface area contributed by atoms with Crippen molar-refractivity contribution in [2.24, 2.45) is 5.92 Å². The fourth-order valence-electron chi connectivity index (χ4n) is 2.00. The van der Waals surface area contributed by atoms with Crippen molar-refractivity contribution in [3.8, 4) is 5.75 Å². The van der Waals surface area contributed by atoms with E-state index >= 15 is 0 Å². The molecule has 0 aliphatic heterocycles. The van der Waals surface area contributed by atoms with Crippen LogP contribution in [0.5, 0.6) is 5.75 Å². The summed E-state index contributed by atoms with van der Waals surface area (Å²) in [6.07, 6.45) is -0.364. The molecule has 0 saturated carbocycles. The Balaban J connectivity index is 2.34. The van der Waals surface area contributed by atoms with Gasteiger partial charge in [-0.05, 0) is 46.9 Å². The topological polar surface area (TPSA) is 20.2 Å². The van der Waals surface area contributed by atoms with Gasteiger partial charge in [-0.25, -0.2) is 4.39 Å². The van der Waals surface area contributed by atoms with Gasteiger partial charge in [0.25, 0.3) is 0 Å². The predicted octanol–water partition coefficient (Wildman–Crippen LogP) is 4.60. The average Bonchev–Trinajstić information content (AvgIpc) is 2.27. The van der Waals surface area contributed by atoms with Crippen LogP contribution in [0.1, 0.15) is 32.0 Å². The Hall–Kier alpha value is -1.57. The highest BCUT2D eigenvalue weighted by Gasteiger charge is 2.12. The number of hydrogen-bond donors (Lipinski definition) is 1. The molecule has 0 aromatic heterocycles. The SMILES string of the molecule is CC(C)CC(F)c1ccc2cc(O)ccc2c1. The fraction of sp³-hybridized carbons (Fsp3) is 0.333. The third kappa shape index (κ3) is 2.76. The first-order valence-corrected chi connectivity index (χ1v) is 5.93. The maximum absolute atomic E-state index is 13.9. The summed E-state index contributed by atoms with van der Waals surface area (Å²) in [6, 6.07) is 10.7. The van der Waals surface area contributed by atoms with E-state index in [9.17, 15) is 9.50 Å². The second kappa shape index (κ2) is 4.74. The van der Waals surface area contributed by atoms with E-state index in [1.165, 1.54) is 0 Å². The number of rotatable bonds is 3. The first-order valence-electron chi connectivity index (χ1n) is 5.93. The molecule has 90 valence electrons. The van der Waals surface area contributed by atoms with E-state index in [4.69, 9.17) is 0 Å². The number of aromatic hydroxyl groups is 1. The van der Waals surface area contributed by atoms with Gasteiger partial charge in [0.2, 0.25) is 0 Å². The van der Waals surface area contributed by atoms with Gasteiger partial charge in [0, 0.05) is 0 Å². The van der Waals surface area contributed by atoms with Gasteiger partial charge in [-0.1, -0.05) is 32.0 Å². The van der Waals surface area contributed by atoms with Crippen molar-refractivity contribution in [2.75, 3.05) is 0 Å². The molecule has 0 amide bonds. The summed E-state index contributed by atoms with van der Waals surface area (Å²) in [5.74, 6) is 0.588. The molecule has 2 aromatic carbocycles. The minimum Gasteiger partial charge on any atom is -0.508 e. The van der Waals surface area contributed by atoms with E-state index in [2.05, 4.69) is 0 Å². The van der Waals surface area contributed by atoms with Crippen molar-refractivity contribution >= 4 is 10.8 Å². The highest BCUT2D eigenvalue weighted by atomic mass is 19.1. The number of alkyl halides is 1. The van der Waals surface area contributed by atoms with Crippen LogP contribution < -0.4 is 0 Å². The Morgan fingerprint density at radius 1 is 1.06 bits per heavy atom. The maximum atomic E-state index is 13.9. The van der Waals surface area contributed by atoms with Gasteiger partial charge in [0.1, 0.15) is 11.9 Å². The van der Waals surface area contributed by atoms with Crippen molar-refractivity contribution in [3.63, 3.8) is 0 Å². The van der Waals surface area contributed by atoms with E-state index in [1.807, 2.05) is 32.0 Å². The van der Waals surface area contributed by atoms with Crippen LogP contribution in [-0.2, 0) is 0 Å². The van der Waals surface area contributed by atoms with Crippen molar-refractivity contribution in [2.45, 2.75) is 26.4 Å². The van der Waals surface area contributed by atoms with E-state index < -0.39 is 6.17 Å². The molecule has 0 aliphatic rings. The van der Waals surface area contributed by atoms with Crippen LogP contribution in [0.4, 0.5) is 4.39 Å². The molecule has 2 heteroatoms. The standard InChI is InChI=1S/C15H17FO/c1-10(2)7-15(16)13-4-3-12-9-14(17)6-5-11(12)8-13/h3-6,8-10,15,17H,7H2,1-2H3. The Morgan fingerprint density at radius 2 is 1.71 bits per heavy atom. The minimum absolute atomic E-state index is 0.240. The molecule has 0 saturated heterocycles. The number of halogens is 1. The summed E-state index contributed by atoms with van der Waals surface area (Å²) >= 11 is 0. The van der Waals surface area contributed by atoms with Crippen molar-refractivity contribution in [1.82, 2.24) is 0 Å². The minimum atomic E-state index is -0.909. The van der Waals surface area contributed by atoms with E-state index in [1.54, 1.807) is 18.2 Å². The Kier molecular flexibility index (Phi) is 3.32. The van der Waals surface area contributed by atoms with E-state index in [0.717, 1.165) is 16.3 Å². The lowest BCUT2D eigenvalue weighted by Crippen LogP contribution is -1.97. The second-order valence-electron chi connectivity index (χ2n) is 4.89. The zero-order valence-corrected chi connectivity index (χ0v) is 10.2. The number of benzene rings is 2. The van der Waals surface area contributed by atoms with Gasteiger partial charge in [-0.15, -0.1) is 0 Å². The molecule has 0 radical (unpaired) electrons. The van der Waals surface area contributed by atoms with Gasteiger partial charge in [0.15, 0.2) is 0 Å². The van der Waals surface area contributed by atoms with Crippen LogP contribution >= 0.6 is 0 Å². The smallest absolute Gasteiger partial charge is 0.125 e. The summed E-state index contributed by atoms with van der Waals surface area (Å²) in [4.78, 5) is 0. The molecule has 0 aliphatic carbocycles. The molecule has 0 spiro atoms. The zero-order valence-electron chi connectivity index (χ0n) is 10.2. The molecule has 0 heterocycles. The van der Waals surface area contributed by atoms with Gasteiger partial charge >= 0.3 is 0 Å². The fourth-order valence-corrected chi connectivity index (χ4v) is 2.00. The van der Waals surface area contributed by atoms with Crippen LogP contribution in [0.3, 0.4) is 0 Å². The van der Waals surface area contributed by atoms with Crippen LogP contribution in [0, 0.1) is 5.92 Å². The first-order chi connectivity index (χ1) is 8.06. The molecule has 1 atom stereocenters. The molecule has 17 heavy (non-hydrogen) atoms. The number of hydrogen-bond acceptors (Lipinski definition) is 1. The lowest BCUT2D eigenvalue weighted by molar-refractivity contribution is 0.290. The molecule has 1 N–H and O–H groups in total. The summed E-state index contributed by atoms with van der Waals surface area (Å²) in [7, 11) is 0. The van der Waals surface area contributed by atoms with Crippen molar-refractivity contribution < 1.29 is 9.50 Å². The van der Waals surface area contributed by atoms with E-state index in [0.29, 0.717) is 12.3 Å². The van der Waals surface area contributed by atoms with Crippen LogP contribution in [0.25, 0.3) is 10.8 Å². The van der Waals surface area contributed by atoms with Gasteiger partial charge in [-0.2, -0.15) is 0 Å². The molecule has 1 nitrogen and oxygen atoms in total. The number of phenolic OH excluding ortho intramolecular Hbond substituents is 1. The van der Waals surface area contributed by atoms with Crippen LogP contribution in [0.2, 0.25) is 0 Å². The summed E-state index contributed by atoms with van der Waals surface area (Å²) in [6.45, 7) is 4.04. The highest BCUT2D eigenvalue weighted by molar-refractivity contribution is 5.84. The van der Waals surface area contributed by atoms with Gasteiger partial charge in [-0.3, -0.25) is 0 Å². The lowest BCUT2D eigenvalue weighted by atomic mass is 9.98. The molecular formula is C15H17FO. The predicted molar refractivity (Wildman–Crippen MR) is 68.9 cm³/mol. The lowest BCUT2D eigenvalue weighted by Gasteiger charge is -2.12. The largest absolute Gasteiger partial charge is 0.508 e. The van der Waals surface area contributed by atoms with Crippen molar-refractivity contribution in [3.05, 3.63) is 42.0 Å². The average molecular weight is 232 g/mol. The molecular weight excluding hydrogens is 215 g/mol. The maximum Gasteiger partial charge on any atom is 0.125 e. The molecule has 1 unspecified atom stereocenters. The summed E-state index contributed by atoms with van der Waals surface area (Å²) in [5.41, 5.74) is 0.719. The summed E-state index contributed by atoms with van der Waals surface area (Å²) < 4.78 is 13.9. The van der Waals surface area contributed by atoms with Crippen LogP contribution in [-0.4, -0.2) is 5.11 Å². The van der Waals surface area contributed by atoms with Gasteiger partial charge < -0.3 is 5.11 Å². The first kappa shape index (κ1) is 11.9. The second-order valence-corrected chi connectivity index (χ2v) is 4.89. The quantitative estimate of drug-likeness (QED) is 0.819. The Bertz CT molecular complexity index is 519. The Morgan fingerprint density at radius 3 is 2.41 bits per heavy atom. The molecule has 0 bridgehead atoms.